The van der Waals surface area contributed by atoms with Crippen molar-refractivity contribution in [3.05, 3.63) is 0 Å². The number of piperidine rings is 1. The number of rotatable bonds is 4. The van der Waals surface area contributed by atoms with E-state index in [1.54, 1.807) is 0 Å². The fourth-order valence-electron chi connectivity index (χ4n) is 2.06. The molecule has 1 aliphatic heterocycles. The molecule has 1 aliphatic rings. The molecular weight excluding hydrogens is 273 g/mol. The van der Waals surface area contributed by atoms with Crippen LogP contribution in [0.5, 0.6) is 0 Å². The normalized spacial score (nSPS) is 19.4. The Balaban J connectivity index is 0. The van der Waals surface area contributed by atoms with E-state index in [1.807, 2.05) is 11.9 Å². The van der Waals surface area contributed by atoms with E-state index in [4.69, 9.17) is 5.73 Å². The Morgan fingerprint density at radius 1 is 1.39 bits per heavy atom. The third-order valence-electron chi connectivity index (χ3n) is 3.49. The van der Waals surface area contributed by atoms with E-state index in [1.165, 1.54) is 6.42 Å². The van der Waals surface area contributed by atoms with Crippen molar-refractivity contribution < 1.29 is 4.79 Å². The molecule has 0 aliphatic carbocycles. The predicted molar refractivity (Wildman–Crippen MR) is 80.7 cm³/mol. The molecule has 1 rings (SSSR count). The fraction of sp³-hybridized carbons (Fsp3) is 0.917. The molecule has 0 aromatic heterocycles. The van der Waals surface area contributed by atoms with Gasteiger partial charge in [0.05, 0.1) is 6.54 Å². The molecule has 1 atom stereocenters. The molecule has 0 spiro atoms. The topological polar surface area (TPSA) is 49.6 Å². The van der Waals surface area contributed by atoms with Gasteiger partial charge in [-0.15, -0.1) is 24.8 Å². The molecule has 1 fully saturated rings. The third-order valence-corrected chi connectivity index (χ3v) is 3.49. The van der Waals surface area contributed by atoms with E-state index < -0.39 is 0 Å². The summed E-state index contributed by atoms with van der Waals surface area (Å²) in [6.45, 7) is 6.19. The summed E-state index contributed by atoms with van der Waals surface area (Å²) in [5, 5.41) is 0. The second kappa shape index (κ2) is 9.84. The van der Waals surface area contributed by atoms with Gasteiger partial charge in [0, 0.05) is 25.2 Å². The van der Waals surface area contributed by atoms with Crippen molar-refractivity contribution in [2.24, 2.45) is 5.73 Å². The summed E-state index contributed by atoms with van der Waals surface area (Å²) in [5.74, 6) is 0.228. The molecule has 0 bridgehead atoms. The minimum absolute atomic E-state index is 0. The maximum atomic E-state index is 12.1. The largest absolute Gasteiger partial charge is 0.337 e. The van der Waals surface area contributed by atoms with Gasteiger partial charge in [0.2, 0.25) is 5.91 Å². The standard InChI is InChI=1S/C12H25N3O.2ClH/c1-10(2)14(3)9-12(16)15-7-5-4-6-11(15)8-13;;/h10-11H,4-9,13H2,1-3H3;2*1H. The van der Waals surface area contributed by atoms with Crippen LogP contribution in [0.25, 0.3) is 0 Å². The maximum absolute atomic E-state index is 12.1. The van der Waals surface area contributed by atoms with E-state index in [9.17, 15) is 4.79 Å². The van der Waals surface area contributed by atoms with Gasteiger partial charge in [-0.1, -0.05) is 0 Å². The first-order valence-corrected chi connectivity index (χ1v) is 6.26. The second-order valence-electron chi connectivity index (χ2n) is 4.98. The van der Waals surface area contributed by atoms with Crippen molar-refractivity contribution in [2.45, 2.75) is 45.2 Å². The van der Waals surface area contributed by atoms with Crippen molar-refractivity contribution in [1.29, 1.82) is 0 Å². The molecule has 1 saturated heterocycles. The van der Waals surface area contributed by atoms with Crippen LogP contribution < -0.4 is 5.73 Å². The summed E-state index contributed by atoms with van der Waals surface area (Å²) in [5.41, 5.74) is 5.71. The van der Waals surface area contributed by atoms with Crippen LogP contribution in [-0.4, -0.2) is 54.5 Å². The predicted octanol–water partition coefficient (Wildman–Crippen LogP) is 1.51. The third kappa shape index (κ3) is 5.74. The molecule has 4 nitrogen and oxygen atoms in total. The monoisotopic (exact) mass is 299 g/mol. The van der Waals surface area contributed by atoms with Crippen molar-refractivity contribution in [3.8, 4) is 0 Å². The molecule has 2 N–H and O–H groups in total. The zero-order chi connectivity index (χ0) is 12.1. The quantitative estimate of drug-likeness (QED) is 0.856. The van der Waals surface area contributed by atoms with Gasteiger partial charge < -0.3 is 10.6 Å². The summed E-state index contributed by atoms with van der Waals surface area (Å²) in [6.07, 6.45) is 3.38. The Morgan fingerprint density at radius 3 is 2.50 bits per heavy atom. The SMILES string of the molecule is CC(C)N(C)CC(=O)N1CCCCC1CN.Cl.Cl. The van der Waals surface area contributed by atoms with Gasteiger partial charge in [-0.25, -0.2) is 0 Å². The van der Waals surface area contributed by atoms with Gasteiger partial charge in [0.25, 0.3) is 0 Å². The average molecular weight is 300 g/mol. The first kappa shape index (κ1) is 20.3. The zero-order valence-electron chi connectivity index (χ0n) is 11.6. The highest BCUT2D eigenvalue weighted by Gasteiger charge is 2.26. The van der Waals surface area contributed by atoms with Crippen LogP contribution >= 0.6 is 24.8 Å². The molecule has 0 aromatic rings. The second-order valence-corrected chi connectivity index (χ2v) is 4.98. The lowest BCUT2D eigenvalue weighted by Crippen LogP contribution is -2.51. The number of nitrogens with two attached hydrogens (primary N) is 1. The minimum atomic E-state index is 0. The number of hydrogen-bond donors (Lipinski definition) is 1. The van der Waals surface area contributed by atoms with Crippen LogP contribution in [0.2, 0.25) is 0 Å². The van der Waals surface area contributed by atoms with Crippen LogP contribution in [0, 0.1) is 0 Å². The Morgan fingerprint density at radius 2 is 2.00 bits per heavy atom. The molecule has 1 heterocycles. The molecule has 1 unspecified atom stereocenters. The van der Waals surface area contributed by atoms with E-state index in [-0.39, 0.29) is 36.8 Å². The average Bonchev–Trinajstić information content (AvgIpc) is 2.28. The molecule has 0 radical (unpaired) electrons. The fourth-order valence-corrected chi connectivity index (χ4v) is 2.06. The number of carbonyl (C=O) groups excluding carboxylic acids is 1. The Bertz CT molecular complexity index is 239. The van der Waals surface area contributed by atoms with E-state index >= 15 is 0 Å². The highest BCUT2D eigenvalue weighted by molar-refractivity contribution is 5.85. The molecule has 6 heteroatoms. The smallest absolute Gasteiger partial charge is 0.237 e. The van der Waals surface area contributed by atoms with Crippen LogP contribution in [0.3, 0.4) is 0 Å². The number of carbonyl (C=O) groups is 1. The van der Waals surface area contributed by atoms with Crippen LogP contribution in [0.1, 0.15) is 33.1 Å². The van der Waals surface area contributed by atoms with Crippen molar-refractivity contribution in [3.63, 3.8) is 0 Å². The lowest BCUT2D eigenvalue weighted by molar-refractivity contribution is -0.135. The van der Waals surface area contributed by atoms with Gasteiger partial charge >= 0.3 is 0 Å². The molecule has 110 valence electrons. The lowest BCUT2D eigenvalue weighted by Gasteiger charge is -2.36. The number of hydrogen-bond acceptors (Lipinski definition) is 3. The number of likely N-dealkylation sites (tertiary alicyclic amines) is 1. The molecule has 1 amide bonds. The summed E-state index contributed by atoms with van der Waals surface area (Å²) < 4.78 is 0. The molecule has 0 aromatic carbocycles. The minimum Gasteiger partial charge on any atom is -0.337 e. The molecule has 18 heavy (non-hydrogen) atoms. The Hall–Kier alpha value is -0.0300. The zero-order valence-corrected chi connectivity index (χ0v) is 13.2. The summed E-state index contributed by atoms with van der Waals surface area (Å²) >= 11 is 0. The van der Waals surface area contributed by atoms with E-state index in [0.717, 1.165) is 19.4 Å². The van der Waals surface area contributed by atoms with Gasteiger partial charge in [-0.2, -0.15) is 0 Å². The van der Waals surface area contributed by atoms with Crippen LogP contribution in [0.15, 0.2) is 0 Å². The Kier molecular flexibility index (Phi) is 11.1. The first-order chi connectivity index (χ1) is 7.56. The van der Waals surface area contributed by atoms with E-state index in [0.29, 0.717) is 19.1 Å². The molecular formula is C12H27Cl2N3O. The number of likely N-dealkylation sites (N-methyl/N-ethyl adjacent to an activating group) is 1. The number of nitrogens with zero attached hydrogens (tertiary/aromatic N) is 2. The highest BCUT2D eigenvalue weighted by atomic mass is 35.5. The number of amides is 1. The highest BCUT2D eigenvalue weighted by Crippen LogP contribution is 2.16. The van der Waals surface area contributed by atoms with Crippen LogP contribution in [0.4, 0.5) is 0 Å². The molecule has 0 saturated carbocycles. The summed E-state index contributed by atoms with van der Waals surface area (Å²) in [7, 11) is 1.99. The van der Waals surface area contributed by atoms with Crippen molar-refractivity contribution >= 4 is 30.7 Å². The first-order valence-electron chi connectivity index (χ1n) is 6.26. The summed E-state index contributed by atoms with van der Waals surface area (Å²) in [4.78, 5) is 16.2. The van der Waals surface area contributed by atoms with Gasteiger partial charge in [0.15, 0.2) is 0 Å². The summed E-state index contributed by atoms with van der Waals surface area (Å²) in [6, 6.07) is 0.673. The lowest BCUT2D eigenvalue weighted by atomic mass is 10.0. The van der Waals surface area contributed by atoms with Crippen molar-refractivity contribution in [2.75, 3.05) is 26.7 Å². The van der Waals surface area contributed by atoms with E-state index in [2.05, 4.69) is 18.7 Å². The van der Waals surface area contributed by atoms with Crippen LogP contribution in [-0.2, 0) is 4.79 Å². The van der Waals surface area contributed by atoms with Gasteiger partial charge in [0.1, 0.15) is 0 Å². The van der Waals surface area contributed by atoms with Gasteiger partial charge in [-0.3, -0.25) is 9.69 Å². The van der Waals surface area contributed by atoms with Gasteiger partial charge in [-0.05, 0) is 40.2 Å². The van der Waals surface area contributed by atoms with Crippen molar-refractivity contribution in [1.82, 2.24) is 9.80 Å². The maximum Gasteiger partial charge on any atom is 0.237 e. The Labute approximate surface area is 123 Å². The number of halogens is 2.